The number of halogens is 3. The molecule has 1 aromatic rings. The first-order valence-corrected chi connectivity index (χ1v) is 5.45. The Kier molecular flexibility index (Phi) is 3.58. The zero-order valence-corrected chi connectivity index (χ0v) is 8.89. The minimum absolute atomic E-state index is 0.394. The zero-order valence-electron chi connectivity index (χ0n) is 8.08. The summed E-state index contributed by atoms with van der Waals surface area (Å²) in [6.45, 7) is 1.71. The lowest BCUT2D eigenvalue weighted by Gasteiger charge is -2.03. The van der Waals surface area contributed by atoms with Crippen molar-refractivity contribution in [3.63, 3.8) is 0 Å². The maximum Gasteiger partial charge on any atom is 0.355 e. The van der Waals surface area contributed by atoms with Gasteiger partial charge in [0.2, 0.25) is 0 Å². The number of hydrogen-bond acceptors (Lipinski definition) is 3. The van der Waals surface area contributed by atoms with Crippen LogP contribution >= 0.6 is 0 Å². The van der Waals surface area contributed by atoms with E-state index >= 15 is 0 Å². The van der Waals surface area contributed by atoms with Crippen molar-refractivity contribution in [2.75, 3.05) is 0 Å². The van der Waals surface area contributed by atoms with Crippen LogP contribution in [0.4, 0.5) is 13.2 Å². The molecule has 16 heavy (non-hydrogen) atoms. The van der Waals surface area contributed by atoms with Crippen LogP contribution in [0.2, 0.25) is 0 Å². The molecule has 0 amide bonds. The first-order valence-electron chi connectivity index (χ1n) is 4.05. The molecule has 0 fully saturated rings. The Morgan fingerprint density at radius 3 is 2.06 bits per heavy atom. The van der Waals surface area contributed by atoms with Crippen molar-refractivity contribution >= 4 is 10.1 Å². The van der Waals surface area contributed by atoms with Gasteiger partial charge in [-0.2, -0.15) is 21.6 Å². The molecule has 88 valence electrons. The fraction of sp³-hybridized carbons (Fsp3) is 0.111. The summed E-state index contributed by atoms with van der Waals surface area (Å²) in [5, 5.41) is 0. The van der Waals surface area contributed by atoms with E-state index in [1.54, 1.807) is 6.92 Å². The minimum atomic E-state index is -4.53. The molecule has 0 unspecified atom stereocenters. The molecule has 0 atom stereocenters. The molecule has 1 aromatic carbocycles. The van der Waals surface area contributed by atoms with Crippen LogP contribution in [0.15, 0.2) is 41.3 Å². The fourth-order valence-corrected chi connectivity index (χ4v) is 1.70. The first-order chi connectivity index (χ1) is 7.33. The summed E-state index contributed by atoms with van der Waals surface area (Å²) in [4.78, 5) is -0.394. The molecule has 0 N–H and O–H groups in total. The van der Waals surface area contributed by atoms with E-state index in [0.29, 0.717) is 0 Å². The number of benzene rings is 1. The predicted octanol–water partition coefficient (Wildman–Crippen LogP) is 2.74. The van der Waals surface area contributed by atoms with Gasteiger partial charge in [-0.15, -0.1) is 0 Å². The Morgan fingerprint density at radius 1 is 1.12 bits per heavy atom. The van der Waals surface area contributed by atoms with Gasteiger partial charge in [-0.05, 0) is 19.1 Å². The number of rotatable bonds is 3. The molecule has 0 spiro atoms. The normalized spacial score (nSPS) is 11.0. The molecule has 0 saturated heterocycles. The zero-order chi connectivity index (χ0) is 12.3. The lowest BCUT2D eigenvalue weighted by molar-refractivity contribution is 0.245. The van der Waals surface area contributed by atoms with E-state index in [1.807, 2.05) is 0 Å². The highest BCUT2D eigenvalue weighted by Crippen LogP contribution is 2.20. The summed E-state index contributed by atoms with van der Waals surface area (Å²) in [6.07, 6.45) is -2.82. The molecule has 0 aliphatic rings. The van der Waals surface area contributed by atoms with Crippen LogP contribution in [0.1, 0.15) is 5.56 Å². The summed E-state index contributed by atoms with van der Waals surface area (Å²) in [7, 11) is -4.53. The second-order valence-corrected chi connectivity index (χ2v) is 4.43. The monoisotopic (exact) mass is 252 g/mol. The molecular formula is C9H7F3O3S. The molecule has 7 heteroatoms. The lowest BCUT2D eigenvalue weighted by Crippen LogP contribution is -2.05. The maximum atomic E-state index is 12.3. The molecule has 0 saturated carbocycles. The standard InChI is InChI=1S/C9H7F3O3S/c1-6-2-4-7(5-3-6)16(13,14)15-9(12)8(10)11/h2-5H,1H3. The van der Waals surface area contributed by atoms with Gasteiger partial charge >= 0.3 is 22.2 Å². The maximum absolute atomic E-state index is 12.3. The molecule has 3 nitrogen and oxygen atoms in total. The van der Waals surface area contributed by atoms with Gasteiger partial charge in [0, 0.05) is 0 Å². The fourth-order valence-electron chi connectivity index (χ4n) is 0.881. The summed E-state index contributed by atoms with van der Waals surface area (Å²) in [5.74, 6) is 0. The van der Waals surface area contributed by atoms with Gasteiger partial charge < -0.3 is 4.18 Å². The largest absolute Gasteiger partial charge is 0.355 e. The van der Waals surface area contributed by atoms with E-state index in [4.69, 9.17) is 0 Å². The summed E-state index contributed by atoms with van der Waals surface area (Å²) >= 11 is 0. The number of hydrogen-bond donors (Lipinski definition) is 0. The van der Waals surface area contributed by atoms with E-state index in [9.17, 15) is 21.6 Å². The summed E-state index contributed by atoms with van der Waals surface area (Å²) < 4.78 is 61.6. The Balaban J connectivity index is 3.04. The van der Waals surface area contributed by atoms with E-state index < -0.39 is 27.1 Å². The van der Waals surface area contributed by atoms with Gasteiger partial charge in [-0.25, -0.2) is 0 Å². The molecule has 0 aromatic heterocycles. The minimum Gasteiger partial charge on any atom is -0.343 e. The van der Waals surface area contributed by atoms with Gasteiger partial charge in [-0.3, -0.25) is 0 Å². The smallest absolute Gasteiger partial charge is 0.343 e. The topological polar surface area (TPSA) is 43.4 Å². The van der Waals surface area contributed by atoms with E-state index in [1.165, 1.54) is 12.1 Å². The Labute approximate surface area is 90.3 Å². The molecule has 0 radical (unpaired) electrons. The van der Waals surface area contributed by atoms with Gasteiger partial charge in [0.05, 0.1) is 0 Å². The Morgan fingerprint density at radius 2 is 1.62 bits per heavy atom. The van der Waals surface area contributed by atoms with Crippen LogP contribution in [0.5, 0.6) is 0 Å². The van der Waals surface area contributed by atoms with Gasteiger partial charge in [0.1, 0.15) is 4.90 Å². The van der Waals surface area contributed by atoms with Crippen LogP contribution in [0.25, 0.3) is 0 Å². The van der Waals surface area contributed by atoms with Crippen LogP contribution in [0, 0.1) is 6.92 Å². The third-order valence-electron chi connectivity index (χ3n) is 1.64. The van der Waals surface area contributed by atoms with Crippen LogP contribution in [-0.4, -0.2) is 8.42 Å². The molecule has 0 aliphatic heterocycles. The van der Waals surface area contributed by atoms with Crippen molar-refractivity contribution in [3.8, 4) is 0 Å². The highest BCUT2D eigenvalue weighted by atomic mass is 32.2. The van der Waals surface area contributed by atoms with Crippen molar-refractivity contribution < 1.29 is 25.8 Å². The van der Waals surface area contributed by atoms with Crippen LogP contribution in [0.3, 0.4) is 0 Å². The molecular weight excluding hydrogens is 245 g/mol. The van der Waals surface area contributed by atoms with Crippen LogP contribution in [-0.2, 0) is 14.3 Å². The molecule has 1 rings (SSSR count). The number of aryl methyl sites for hydroxylation is 1. The van der Waals surface area contributed by atoms with Crippen molar-refractivity contribution in [3.05, 3.63) is 41.9 Å². The van der Waals surface area contributed by atoms with Crippen molar-refractivity contribution in [1.29, 1.82) is 0 Å². The van der Waals surface area contributed by atoms with Gasteiger partial charge in [-0.1, -0.05) is 17.7 Å². The first kappa shape index (κ1) is 12.6. The SMILES string of the molecule is Cc1ccc(S(=O)(=O)OC(F)=C(F)F)cc1. The second-order valence-electron chi connectivity index (χ2n) is 2.88. The van der Waals surface area contributed by atoms with Gasteiger partial charge in [0.15, 0.2) is 0 Å². The van der Waals surface area contributed by atoms with Crippen LogP contribution < -0.4 is 0 Å². The van der Waals surface area contributed by atoms with E-state index in [0.717, 1.165) is 17.7 Å². The van der Waals surface area contributed by atoms with E-state index in [2.05, 4.69) is 4.18 Å². The van der Waals surface area contributed by atoms with Crippen molar-refractivity contribution in [1.82, 2.24) is 0 Å². The molecule has 0 heterocycles. The lowest BCUT2D eigenvalue weighted by atomic mass is 10.2. The Hall–Kier alpha value is -1.50. The van der Waals surface area contributed by atoms with Gasteiger partial charge in [0.25, 0.3) is 0 Å². The average Bonchev–Trinajstić information content (AvgIpc) is 2.17. The highest BCUT2D eigenvalue weighted by Gasteiger charge is 2.20. The van der Waals surface area contributed by atoms with Crippen molar-refractivity contribution in [2.24, 2.45) is 0 Å². The summed E-state index contributed by atoms with van der Waals surface area (Å²) in [6, 6.07) is 2.72. The summed E-state index contributed by atoms with van der Waals surface area (Å²) in [5.41, 5.74) is 0.770. The highest BCUT2D eigenvalue weighted by molar-refractivity contribution is 7.86. The third kappa shape index (κ3) is 2.99. The predicted molar refractivity (Wildman–Crippen MR) is 49.8 cm³/mol. The quantitative estimate of drug-likeness (QED) is 0.613. The molecule has 0 aliphatic carbocycles. The third-order valence-corrected chi connectivity index (χ3v) is 2.86. The Bertz CT molecular complexity index is 501. The molecule has 0 bridgehead atoms. The van der Waals surface area contributed by atoms with Crippen molar-refractivity contribution in [2.45, 2.75) is 11.8 Å². The van der Waals surface area contributed by atoms with E-state index in [-0.39, 0.29) is 0 Å². The average molecular weight is 252 g/mol. The second kappa shape index (κ2) is 4.56.